The second-order valence-electron chi connectivity index (χ2n) is 5.36. The summed E-state index contributed by atoms with van der Waals surface area (Å²) in [7, 11) is 0. The first-order chi connectivity index (χ1) is 9.25. The Bertz CT molecular complexity index is 609. The molecule has 1 aliphatic carbocycles. The average molecular weight is 250 g/mol. The van der Waals surface area contributed by atoms with Crippen LogP contribution in [0.2, 0.25) is 0 Å². The highest BCUT2D eigenvalue weighted by molar-refractivity contribution is 6.00. The molecule has 0 saturated heterocycles. The fourth-order valence-corrected chi connectivity index (χ4v) is 2.74. The minimum atomic E-state index is 0.129. The maximum Gasteiger partial charge on any atom is 0.160 e. The molecular weight excluding hydrogens is 232 g/mol. The van der Waals surface area contributed by atoms with Crippen molar-refractivity contribution in [3.8, 4) is 11.1 Å². The normalized spacial score (nSPS) is 15.0. The lowest BCUT2D eigenvalue weighted by Gasteiger charge is -2.26. The van der Waals surface area contributed by atoms with Gasteiger partial charge in [-0.3, -0.25) is 4.79 Å². The van der Waals surface area contributed by atoms with E-state index >= 15 is 0 Å². The van der Waals surface area contributed by atoms with Crippen molar-refractivity contribution in [3.05, 3.63) is 59.7 Å². The Morgan fingerprint density at radius 1 is 1.05 bits per heavy atom. The fourth-order valence-electron chi connectivity index (χ4n) is 2.74. The molecule has 1 aliphatic rings. The monoisotopic (exact) mass is 250 g/mol. The van der Waals surface area contributed by atoms with Gasteiger partial charge in [0.15, 0.2) is 5.78 Å². The van der Waals surface area contributed by atoms with E-state index in [4.69, 9.17) is 0 Å². The minimum absolute atomic E-state index is 0.129. The van der Waals surface area contributed by atoms with Gasteiger partial charge in [-0.25, -0.2) is 0 Å². The zero-order valence-electron chi connectivity index (χ0n) is 11.2. The highest BCUT2D eigenvalue weighted by Crippen LogP contribution is 2.38. The summed E-state index contributed by atoms with van der Waals surface area (Å²) in [5, 5.41) is 0. The lowest BCUT2D eigenvalue weighted by atomic mass is 9.79. The largest absolute Gasteiger partial charge is 0.294 e. The predicted octanol–water partition coefficient (Wildman–Crippen LogP) is 4.82. The summed E-state index contributed by atoms with van der Waals surface area (Å²) < 4.78 is 0. The Labute approximate surface area is 114 Å². The number of hydrogen-bond donors (Lipinski definition) is 0. The summed E-state index contributed by atoms with van der Waals surface area (Å²) in [6.45, 7) is 1.63. The Balaban J connectivity index is 2.04. The Kier molecular flexibility index (Phi) is 3.20. The van der Waals surface area contributed by atoms with Crippen molar-refractivity contribution in [2.45, 2.75) is 32.1 Å². The van der Waals surface area contributed by atoms with E-state index in [2.05, 4.69) is 24.3 Å². The van der Waals surface area contributed by atoms with Gasteiger partial charge in [0.05, 0.1) is 0 Å². The summed E-state index contributed by atoms with van der Waals surface area (Å²) >= 11 is 0. The molecule has 2 aromatic rings. The van der Waals surface area contributed by atoms with E-state index in [0.717, 1.165) is 22.6 Å². The molecular formula is C18H18O. The molecule has 0 N–H and O–H groups in total. The van der Waals surface area contributed by atoms with E-state index < -0.39 is 0 Å². The predicted molar refractivity (Wildman–Crippen MR) is 78.5 cm³/mol. The third kappa shape index (κ3) is 2.33. The summed E-state index contributed by atoms with van der Waals surface area (Å²) in [4.78, 5) is 11.7. The number of Topliss-reactive ketones (excluding diaryl/α,β-unsaturated/α-hetero) is 1. The summed E-state index contributed by atoms with van der Waals surface area (Å²) in [6, 6.07) is 16.6. The number of benzene rings is 2. The van der Waals surface area contributed by atoms with Crippen LogP contribution in [-0.4, -0.2) is 5.78 Å². The molecule has 19 heavy (non-hydrogen) atoms. The molecule has 0 radical (unpaired) electrons. The highest BCUT2D eigenvalue weighted by atomic mass is 16.1. The first-order valence-electron chi connectivity index (χ1n) is 6.96. The van der Waals surface area contributed by atoms with Gasteiger partial charge in [-0.2, -0.15) is 0 Å². The van der Waals surface area contributed by atoms with Crippen LogP contribution < -0.4 is 0 Å². The molecule has 0 aromatic heterocycles. The van der Waals surface area contributed by atoms with Gasteiger partial charge in [0, 0.05) is 5.56 Å². The molecule has 3 rings (SSSR count). The number of ketones is 1. The van der Waals surface area contributed by atoms with Crippen molar-refractivity contribution in [2.24, 2.45) is 0 Å². The van der Waals surface area contributed by atoms with Crippen LogP contribution in [0.3, 0.4) is 0 Å². The van der Waals surface area contributed by atoms with Gasteiger partial charge in [-0.05, 0) is 42.4 Å². The molecule has 2 aromatic carbocycles. The molecule has 0 bridgehead atoms. The van der Waals surface area contributed by atoms with Gasteiger partial charge >= 0.3 is 0 Å². The lowest BCUT2D eigenvalue weighted by molar-refractivity contribution is 0.101. The molecule has 0 unspecified atom stereocenters. The van der Waals surface area contributed by atoms with Crippen LogP contribution in [-0.2, 0) is 0 Å². The third-order valence-corrected chi connectivity index (χ3v) is 4.08. The number of rotatable bonds is 3. The molecule has 1 heteroatoms. The standard InChI is InChI=1S/C18H18O/c1-13(19)17-10-2-3-11-18(17)16-9-5-8-15(12-16)14-6-4-7-14/h2-3,5,8-12,14H,4,6-7H2,1H3. The Hall–Kier alpha value is -1.89. The van der Waals surface area contributed by atoms with Gasteiger partial charge in [0.2, 0.25) is 0 Å². The van der Waals surface area contributed by atoms with Gasteiger partial charge in [0.1, 0.15) is 0 Å². The smallest absolute Gasteiger partial charge is 0.160 e. The van der Waals surface area contributed by atoms with E-state index in [1.54, 1.807) is 6.92 Å². The molecule has 1 fully saturated rings. The molecule has 0 atom stereocenters. The van der Waals surface area contributed by atoms with Crippen LogP contribution in [0.1, 0.15) is 48.0 Å². The lowest BCUT2D eigenvalue weighted by Crippen LogP contribution is -2.08. The molecule has 1 nitrogen and oxygen atoms in total. The highest BCUT2D eigenvalue weighted by Gasteiger charge is 2.19. The Morgan fingerprint density at radius 3 is 2.53 bits per heavy atom. The zero-order valence-corrected chi connectivity index (χ0v) is 11.2. The molecule has 0 heterocycles. The van der Waals surface area contributed by atoms with Crippen molar-refractivity contribution in [3.63, 3.8) is 0 Å². The van der Waals surface area contributed by atoms with Crippen molar-refractivity contribution >= 4 is 5.78 Å². The van der Waals surface area contributed by atoms with Crippen LogP contribution in [0.4, 0.5) is 0 Å². The topological polar surface area (TPSA) is 17.1 Å². The van der Waals surface area contributed by atoms with Crippen LogP contribution in [0, 0.1) is 0 Å². The number of carbonyl (C=O) groups is 1. The summed E-state index contributed by atoms with van der Waals surface area (Å²) in [5.41, 5.74) is 4.45. The average Bonchev–Trinajstić information content (AvgIpc) is 2.37. The fraction of sp³-hybridized carbons (Fsp3) is 0.278. The maximum atomic E-state index is 11.7. The Morgan fingerprint density at radius 2 is 1.84 bits per heavy atom. The van der Waals surface area contributed by atoms with Crippen molar-refractivity contribution in [1.82, 2.24) is 0 Å². The summed E-state index contributed by atoms with van der Waals surface area (Å²) in [6.07, 6.45) is 3.95. The van der Waals surface area contributed by atoms with Crippen LogP contribution in [0.15, 0.2) is 48.5 Å². The van der Waals surface area contributed by atoms with E-state index in [0.29, 0.717) is 0 Å². The summed E-state index contributed by atoms with van der Waals surface area (Å²) in [5.74, 6) is 0.856. The molecule has 1 saturated carbocycles. The van der Waals surface area contributed by atoms with E-state index in [-0.39, 0.29) is 5.78 Å². The first kappa shape index (κ1) is 12.2. The van der Waals surface area contributed by atoms with E-state index in [1.807, 2.05) is 24.3 Å². The van der Waals surface area contributed by atoms with Crippen molar-refractivity contribution in [1.29, 1.82) is 0 Å². The van der Waals surface area contributed by atoms with Crippen molar-refractivity contribution in [2.75, 3.05) is 0 Å². The van der Waals surface area contributed by atoms with Crippen LogP contribution in [0.5, 0.6) is 0 Å². The van der Waals surface area contributed by atoms with Gasteiger partial charge in [-0.1, -0.05) is 55.0 Å². The molecule has 96 valence electrons. The first-order valence-corrected chi connectivity index (χ1v) is 6.96. The van der Waals surface area contributed by atoms with E-state index in [9.17, 15) is 4.79 Å². The van der Waals surface area contributed by atoms with Gasteiger partial charge in [0.25, 0.3) is 0 Å². The number of carbonyl (C=O) groups excluding carboxylic acids is 1. The van der Waals surface area contributed by atoms with Gasteiger partial charge < -0.3 is 0 Å². The van der Waals surface area contributed by atoms with E-state index in [1.165, 1.54) is 24.8 Å². The third-order valence-electron chi connectivity index (χ3n) is 4.08. The minimum Gasteiger partial charge on any atom is -0.294 e. The number of hydrogen-bond acceptors (Lipinski definition) is 1. The SMILES string of the molecule is CC(=O)c1ccccc1-c1cccc(C2CCC2)c1. The molecule has 0 amide bonds. The molecule has 0 aliphatic heterocycles. The molecule has 0 spiro atoms. The van der Waals surface area contributed by atoms with Crippen LogP contribution >= 0.6 is 0 Å². The van der Waals surface area contributed by atoms with Gasteiger partial charge in [-0.15, -0.1) is 0 Å². The van der Waals surface area contributed by atoms with Crippen LogP contribution in [0.25, 0.3) is 11.1 Å². The second kappa shape index (κ2) is 5.00. The second-order valence-corrected chi connectivity index (χ2v) is 5.36. The maximum absolute atomic E-state index is 11.7. The quantitative estimate of drug-likeness (QED) is 0.713. The zero-order chi connectivity index (χ0) is 13.2. The van der Waals surface area contributed by atoms with Crippen molar-refractivity contribution < 1.29 is 4.79 Å².